The van der Waals surface area contributed by atoms with Crippen molar-refractivity contribution in [2.45, 2.75) is 71.8 Å². The Morgan fingerprint density at radius 3 is 2.45 bits per heavy atom. The molecule has 1 nitrogen and oxygen atoms in total. The fourth-order valence-electron chi connectivity index (χ4n) is 2.55. The van der Waals surface area contributed by atoms with E-state index in [1.165, 1.54) is 49.7 Å². The van der Waals surface area contributed by atoms with Gasteiger partial charge >= 0.3 is 0 Å². The van der Waals surface area contributed by atoms with E-state index in [4.69, 9.17) is 11.6 Å². The molecular weight excluding hydrogens is 266 g/mol. The molecule has 0 spiro atoms. The normalized spacial score (nSPS) is 12.6. The lowest BCUT2D eigenvalue weighted by Gasteiger charge is -2.20. The van der Waals surface area contributed by atoms with Crippen LogP contribution in [0.3, 0.4) is 0 Å². The van der Waals surface area contributed by atoms with Crippen molar-refractivity contribution in [2.24, 2.45) is 0 Å². The van der Waals surface area contributed by atoms with E-state index in [2.05, 4.69) is 44.3 Å². The maximum atomic E-state index is 6.43. The van der Waals surface area contributed by atoms with E-state index in [1.807, 2.05) is 0 Å². The molecule has 114 valence electrons. The van der Waals surface area contributed by atoms with E-state index in [0.29, 0.717) is 6.04 Å². The molecule has 0 aromatic heterocycles. The van der Waals surface area contributed by atoms with Gasteiger partial charge in [-0.2, -0.15) is 0 Å². The molecule has 0 aliphatic rings. The molecule has 20 heavy (non-hydrogen) atoms. The first-order valence-corrected chi connectivity index (χ1v) is 8.56. The van der Waals surface area contributed by atoms with Crippen LogP contribution in [0.5, 0.6) is 0 Å². The number of hydrogen-bond acceptors (Lipinski definition) is 1. The summed E-state index contributed by atoms with van der Waals surface area (Å²) in [5, 5.41) is 4.56. The van der Waals surface area contributed by atoms with Gasteiger partial charge < -0.3 is 5.32 Å². The van der Waals surface area contributed by atoms with Gasteiger partial charge in [-0.1, -0.05) is 69.7 Å². The van der Waals surface area contributed by atoms with Gasteiger partial charge in [0, 0.05) is 11.1 Å². The minimum absolute atomic E-state index is 0.407. The van der Waals surface area contributed by atoms with Crippen molar-refractivity contribution in [3.63, 3.8) is 0 Å². The Morgan fingerprint density at radius 2 is 1.80 bits per heavy atom. The highest BCUT2D eigenvalue weighted by Gasteiger charge is 2.13. The number of rotatable bonds is 10. The van der Waals surface area contributed by atoms with Crippen LogP contribution in [-0.2, 0) is 0 Å². The molecule has 0 aliphatic carbocycles. The van der Waals surface area contributed by atoms with E-state index in [-0.39, 0.29) is 0 Å². The first kappa shape index (κ1) is 17.5. The topological polar surface area (TPSA) is 12.0 Å². The highest BCUT2D eigenvalue weighted by atomic mass is 35.5. The summed E-state index contributed by atoms with van der Waals surface area (Å²) in [6, 6.07) is 6.84. The fraction of sp³-hybridized carbons (Fsp3) is 0.667. The zero-order valence-electron chi connectivity index (χ0n) is 13.3. The standard InChI is InChI=1S/C18H30ClN/c1-4-6-7-8-9-10-18(20-13-5-2)16-12-11-15(3)14-17(16)19/h11-12,14,18,20H,4-10,13H2,1-3H3. The molecule has 1 unspecified atom stereocenters. The summed E-state index contributed by atoms with van der Waals surface area (Å²) in [6.45, 7) is 7.62. The van der Waals surface area contributed by atoms with Crippen LogP contribution in [0.2, 0.25) is 5.02 Å². The number of unbranched alkanes of at least 4 members (excludes halogenated alkanes) is 4. The maximum absolute atomic E-state index is 6.43. The van der Waals surface area contributed by atoms with Gasteiger partial charge in [-0.15, -0.1) is 0 Å². The van der Waals surface area contributed by atoms with Crippen LogP contribution < -0.4 is 5.32 Å². The molecule has 0 amide bonds. The number of hydrogen-bond donors (Lipinski definition) is 1. The minimum Gasteiger partial charge on any atom is -0.310 e. The second-order valence-corrected chi connectivity index (χ2v) is 6.14. The monoisotopic (exact) mass is 295 g/mol. The molecule has 0 bridgehead atoms. The van der Waals surface area contributed by atoms with Gasteiger partial charge in [0.1, 0.15) is 0 Å². The summed E-state index contributed by atoms with van der Waals surface area (Å²) in [5.74, 6) is 0. The lowest BCUT2D eigenvalue weighted by atomic mass is 9.98. The highest BCUT2D eigenvalue weighted by molar-refractivity contribution is 6.31. The number of aryl methyl sites for hydroxylation is 1. The summed E-state index contributed by atoms with van der Waals surface area (Å²) < 4.78 is 0. The largest absolute Gasteiger partial charge is 0.310 e. The van der Waals surface area contributed by atoms with Crippen LogP contribution in [-0.4, -0.2) is 6.54 Å². The third kappa shape index (κ3) is 6.28. The third-order valence-electron chi connectivity index (χ3n) is 3.77. The van der Waals surface area contributed by atoms with Gasteiger partial charge in [0.05, 0.1) is 0 Å². The van der Waals surface area contributed by atoms with Crippen molar-refractivity contribution in [2.75, 3.05) is 6.54 Å². The van der Waals surface area contributed by atoms with Crippen molar-refractivity contribution >= 4 is 11.6 Å². The number of halogens is 1. The second kappa shape index (κ2) is 10.2. The predicted octanol–water partition coefficient (Wildman–Crippen LogP) is 6.05. The number of benzene rings is 1. The maximum Gasteiger partial charge on any atom is 0.0456 e. The molecule has 0 aliphatic heterocycles. The summed E-state index contributed by atoms with van der Waals surface area (Å²) >= 11 is 6.43. The highest BCUT2D eigenvalue weighted by Crippen LogP contribution is 2.28. The Bertz CT molecular complexity index is 376. The molecule has 0 heterocycles. The van der Waals surface area contributed by atoms with Crippen molar-refractivity contribution < 1.29 is 0 Å². The van der Waals surface area contributed by atoms with E-state index in [9.17, 15) is 0 Å². The first-order valence-electron chi connectivity index (χ1n) is 8.18. The van der Waals surface area contributed by atoms with Crippen molar-refractivity contribution in [3.05, 3.63) is 34.3 Å². The Labute approximate surface area is 130 Å². The Morgan fingerprint density at radius 1 is 1.05 bits per heavy atom. The quantitative estimate of drug-likeness (QED) is 0.518. The van der Waals surface area contributed by atoms with Gasteiger partial charge in [-0.05, 0) is 43.5 Å². The summed E-state index contributed by atoms with van der Waals surface area (Å²) in [6.07, 6.45) is 8.99. The molecular formula is C18H30ClN. The van der Waals surface area contributed by atoms with E-state index < -0.39 is 0 Å². The lowest BCUT2D eigenvalue weighted by molar-refractivity contribution is 0.468. The van der Waals surface area contributed by atoms with Crippen LogP contribution in [0.15, 0.2) is 18.2 Å². The molecule has 0 fully saturated rings. The average Bonchev–Trinajstić information content (AvgIpc) is 2.43. The molecule has 0 radical (unpaired) electrons. The molecule has 1 rings (SSSR count). The van der Waals surface area contributed by atoms with E-state index in [0.717, 1.165) is 18.0 Å². The zero-order chi connectivity index (χ0) is 14.8. The van der Waals surface area contributed by atoms with Gasteiger partial charge in [0.25, 0.3) is 0 Å². The smallest absolute Gasteiger partial charge is 0.0456 e. The van der Waals surface area contributed by atoms with Crippen LogP contribution >= 0.6 is 11.6 Å². The van der Waals surface area contributed by atoms with E-state index >= 15 is 0 Å². The molecule has 1 N–H and O–H groups in total. The van der Waals surface area contributed by atoms with Gasteiger partial charge in [0.2, 0.25) is 0 Å². The Kier molecular flexibility index (Phi) is 8.97. The molecule has 1 atom stereocenters. The van der Waals surface area contributed by atoms with Crippen molar-refractivity contribution in [1.29, 1.82) is 0 Å². The molecule has 0 saturated heterocycles. The predicted molar refractivity (Wildman–Crippen MR) is 90.6 cm³/mol. The number of nitrogens with one attached hydrogen (secondary N) is 1. The zero-order valence-corrected chi connectivity index (χ0v) is 14.1. The van der Waals surface area contributed by atoms with Crippen molar-refractivity contribution in [3.8, 4) is 0 Å². The van der Waals surface area contributed by atoms with Gasteiger partial charge in [-0.3, -0.25) is 0 Å². The third-order valence-corrected chi connectivity index (χ3v) is 4.10. The summed E-state index contributed by atoms with van der Waals surface area (Å²) in [5.41, 5.74) is 2.50. The molecule has 1 aromatic rings. The van der Waals surface area contributed by atoms with E-state index in [1.54, 1.807) is 0 Å². The van der Waals surface area contributed by atoms with Crippen molar-refractivity contribution in [1.82, 2.24) is 5.32 Å². The first-order chi connectivity index (χ1) is 9.69. The van der Waals surface area contributed by atoms with Crippen LogP contribution in [0, 0.1) is 6.92 Å². The lowest BCUT2D eigenvalue weighted by Crippen LogP contribution is -2.22. The second-order valence-electron chi connectivity index (χ2n) is 5.73. The summed E-state index contributed by atoms with van der Waals surface area (Å²) in [7, 11) is 0. The molecule has 0 saturated carbocycles. The average molecular weight is 296 g/mol. The van der Waals surface area contributed by atoms with Crippen LogP contribution in [0.25, 0.3) is 0 Å². The molecule has 1 aromatic carbocycles. The van der Waals surface area contributed by atoms with Gasteiger partial charge in [0.15, 0.2) is 0 Å². The summed E-state index contributed by atoms with van der Waals surface area (Å²) in [4.78, 5) is 0. The minimum atomic E-state index is 0.407. The Hall–Kier alpha value is -0.530. The molecule has 2 heteroatoms. The van der Waals surface area contributed by atoms with Gasteiger partial charge in [-0.25, -0.2) is 0 Å². The SMILES string of the molecule is CCCCCCCC(NCCC)c1ccc(C)cc1Cl. The fourth-order valence-corrected chi connectivity index (χ4v) is 2.92. The van der Waals surface area contributed by atoms with Crippen LogP contribution in [0.4, 0.5) is 0 Å². The Balaban J connectivity index is 2.58. The van der Waals surface area contributed by atoms with Crippen LogP contribution in [0.1, 0.15) is 76.0 Å².